The number of carbonyl (C=O) groups excluding carboxylic acids is 2. The summed E-state index contributed by atoms with van der Waals surface area (Å²) in [5.74, 6) is 9.92. The van der Waals surface area contributed by atoms with Crippen LogP contribution in [0.5, 0.6) is 0 Å². The third-order valence-corrected chi connectivity index (χ3v) is 3.22. The summed E-state index contributed by atoms with van der Waals surface area (Å²) in [5, 5.41) is 18.6. The van der Waals surface area contributed by atoms with Crippen molar-refractivity contribution in [2.24, 2.45) is 0 Å². The molecular weight excluding hydrogens is 280 g/mol. The van der Waals surface area contributed by atoms with Gasteiger partial charge in [0.25, 0.3) is 0 Å². The van der Waals surface area contributed by atoms with Gasteiger partial charge < -0.3 is 10.2 Å². The number of aliphatic hydroxyl groups is 2. The number of carbonyl (C=O) groups is 2. The Balaban J connectivity index is 3.40. The molecule has 2 N–H and O–H groups in total. The van der Waals surface area contributed by atoms with Crippen LogP contribution in [0.25, 0.3) is 0 Å². The molecule has 0 saturated carbocycles. The normalized spacial score (nSPS) is 15.4. The summed E-state index contributed by atoms with van der Waals surface area (Å²) >= 11 is 0. The first-order chi connectivity index (χ1) is 10.5. The van der Waals surface area contributed by atoms with Crippen LogP contribution in [0.3, 0.4) is 0 Å². The van der Waals surface area contributed by atoms with E-state index < -0.39 is 24.8 Å². The minimum absolute atomic E-state index is 0.0585. The smallest absolute Gasteiger partial charge is 0.200 e. The molecular formula is C18H18O4. The van der Waals surface area contributed by atoms with E-state index in [1.165, 1.54) is 0 Å². The Labute approximate surface area is 130 Å². The standard InChI is InChI=1S/C18H18O4/c1-4-6-12(3)8-9-14-13(7-5-2)17(21)15(10-19)16(11-20)18(14)22/h8,19-20H,9-11H2,1-3H3/b12-8-. The van der Waals surface area contributed by atoms with Gasteiger partial charge in [-0.15, -0.1) is 11.8 Å². The van der Waals surface area contributed by atoms with Crippen LogP contribution in [0.2, 0.25) is 0 Å². The van der Waals surface area contributed by atoms with Crippen molar-refractivity contribution in [1.82, 2.24) is 0 Å². The number of rotatable bonds is 4. The van der Waals surface area contributed by atoms with Gasteiger partial charge in [0.2, 0.25) is 5.78 Å². The first-order valence-electron chi connectivity index (χ1n) is 6.80. The van der Waals surface area contributed by atoms with Gasteiger partial charge in [-0.3, -0.25) is 9.59 Å². The van der Waals surface area contributed by atoms with Crippen LogP contribution in [-0.4, -0.2) is 35.0 Å². The Morgan fingerprint density at radius 1 is 1.00 bits per heavy atom. The molecule has 1 aliphatic carbocycles. The highest BCUT2D eigenvalue weighted by molar-refractivity contribution is 6.27. The fourth-order valence-corrected chi connectivity index (χ4v) is 2.15. The topological polar surface area (TPSA) is 74.6 Å². The summed E-state index contributed by atoms with van der Waals surface area (Å²) in [7, 11) is 0. The average Bonchev–Trinajstić information content (AvgIpc) is 2.50. The molecule has 0 aromatic rings. The number of hydrogen-bond acceptors (Lipinski definition) is 4. The molecule has 114 valence electrons. The van der Waals surface area contributed by atoms with Crippen LogP contribution >= 0.6 is 0 Å². The molecule has 0 atom stereocenters. The minimum Gasteiger partial charge on any atom is -0.392 e. The third kappa shape index (κ3) is 3.62. The number of allylic oxidation sites excluding steroid dienone is 4. The van der Waals surface area contributed by atoms with Crippen molar-refractivity contribution in [3.05, 3.63) is 33.9 Å². The van der Waals surface area contributed by atoms with Gasteiger partial charge in [-0.05, 0) is 32.8 Å². The first kappa shape index (κ1) is 17.7. The maximum atomic E-state index is 12.5. The largest absolute Gasteiger partial charge is 0.392 e. The molecule has 0 aromatic heterocycles. The Morgan fingerprint density at radius 3 is 2.09 bits per heavy atom. The van der Waals surface area contributed by atoms with Crippen molar-refractivity contribution in [2.75, 3.05) is 13.2 Å². The van der Waals surface area contributed by atoms with Gasteiger partial charge in [-0.1, -0.05) is 17.9 Å². The zero-order valence-corrected chi connectivity index (χ0v) is 12.9. The van der Waals surface area contributed by atoms with Crippen LogP contribution in [-0.2, 0) is 9.59 Å². The summed E-state index contributed by atoms with van der Waals surface area (Å²) < 4.78 is 0. The highest BCUT2D eigenvalue weighted by atomic mass is 16.3. The molecule has 22 heavy (non-hydrogen) atoms. The Morgan fingerprint density at radius 2 is 1.59 bits per heavy atom. The van der Waals surface area contributed by atoms with E-state index in [0.29, 0.717) is 0 Å². The third-order valence-electron chi connectivity index (χ3n) is 3.22. The zero-order valence-electron chi connectivity index (χ0n) is 12.9. The lowest BCUT2D eigenvalue weighted by Gasteiger charge is -2.19. The van der Waals surface area contributed by atoms with Gasteiger partial charge in [-0.2, -0.15) is 0 Å². The van der Waals surface area contributed by atoms with Gasteiger partial charge >= 0.3 is 0 Å². The second-order valence-electron chi connectivity index (χ2n) is 4.63. The molecule has 0 heterocycles. The van der Waals surface area contributed by atoms with Crippen molar-refractivity contribution < 1.29 is 19.8 Å². The molecule has 1 rings (SSSR count). The zero-order chi connectivity index (χ0) is 16.7. The number of Topliss-reactive ketones (excluding diaryl/α,β-unsaturated/α-hetero) is 2. The van der Waals surface area contributed by atoms with Gasteiger partial charge in [0.05, 0.1) is 18.8 Å². The summed E-state index contributed by atoms with van der Waals surface area (Å²) in [5.41, 5.74) is 0.960. The lowest BCUT2D eigenvalue weighted by atomic mass is 9.83. The second kappa shape index (κ2) is 8.14. The molecule has 0 fully saturated rings. The van der Waals surface area contributed by atoms with Crippen LogP contribution in [0, 0.1) is 23.7 Å². The maximum Gasteiger partial charge on any atom is 0.200 e. The average molecular weight is 298 g/mol. The molecule has 0 aliphatic heterocycles. The predicted octanol–water partition coefficient (Wildman–Crippen LogP) is 1.10. The quantitative estimate of drug-likeness (QED) is 0.602. The Hall–Kier alpha value is -2.40. The Kier molecular flexibility index (Phi) is 6.53. The molecule has 0 bridgehead atoms. The van der Waals surface area contributed by atoms with Crippen molar-refractivity contribution >= 4 is 11.6 Å². The van der Waals surface area contributed by atoms with E-state index in [9.17, 15) is 19.8 Å². The molecule has 1 aliphatic rings. The molecule has 0 saturated heterocycles. The molecule has 4 heteroatoms. The van der Waals surface area contributed by atoms with E-state index in [1.807, 2.05) is 0 Å². The van der Waals surface area contributed by atoms with Crippen molar-refractivity contribution in [1.29, 1.82) is 0 Å². The maximum absolute atomic E-state index is 12.5. The van der Waals surface area contributed by atoms with E-state index in [2.05, 4.69) is 23.7 Å². The molecule has 0 unspecified atom stereocenters. The molecule has 0 aromatic carbocycles. The molecule has 0 radical (unpaired) electrons. The summed E-state index contributed by atoms with van der Waals surface area (Å²) in [6.45, 7) is 3.89. The molecule has 0 spiro atoms. The fourth-order valence-electron chi connectivity index (χ4n) is 2.15. The monoisotopic (exact) mass is 298 g/mol. The van der Waals surface area contributed by atoms with E-state index in [0.717, 1.165) is 5.57 Å². The highest BCUT2D eigenvalue weighted by Gasteiger charge is 2.32. The van der Waals surface area contributed by atoms with Crippen LogP contribution in [0.4, 0.5) is 0 Å². The van der Waals surface area contributed by atoms with Gasteiger partial charge in [0, 0.05) is 16.7 Å². The van der Waals surface area contributed by atoms with Crippen LogP contribution < -0.4 is 0 Å². The second-order valence-corrected chi connectivity index (χ2v) is 4.63. The van der Waals surface area contributed by atoms with E-state index in [-0.39, 0.29) is 28.7 Å². The highest BCUT2D eigenvalue weighted by Crippen LogP contribution is 2.27. The summed E-state index contributed by atoms with van der Waals surface area (Å²) in [4.78, 5) is 24.8. The van der Waals surface area contributed by atoms with Gasteiger partial charge in [0.1, 0.15) is 0 Å². The Bertz CT molecular complexity index is 710. The van der Waals surface area contributed by atoms with Gasteiger partial charge in [-0.25, -0.2) is 0 Å². The van der Waals surface area contributed by atoms with Crippen LogP contribution in [0.1, 0.15) is 27.2 Å². The lowest BCUT2D eigenvalue weighted by Crippen LogP contribution is -2.27. The van der Waals surface area contributed by atoms with Crippen molar-refractivity contribution in [3.63, 3.8) is 0 Å². The summed E-state index contributed by atoms with van der Waals surface area (Å²) in [6, 6.07) is 0. The fraction of sp³-hybridized carbons (Fsp3) is 0.333. The number of hydrogen-bond donors (Lipinski definition) is 2. The van der Waals surface area contributed by atoms with E-state index >= 15 is 0 Å². The number of ketones is 2. The number of aliphatic hydroxyl groups excluding tert-OH is 2. The van der Waals surface area contributed by atoms with E-state index in [4.69, 9.17) is 0 Å². The SMILES string of the molecule is CC#CC1=C(C/C=C(/C)C#CC)C(=O)C(CO)=C(CO)C1=O. The lowest BCUT2D eigenvalue weighted by molar-refractivity contribution is -0.117. The van der Waals surface area contributed by atoms with E-state index in [1.54, 1.807) is 26.8 Å². The van der Waals surface area contributed by atoms with Crippen molar-refractivity contribution in [3.8, 4) is 23.7 Å². The van der Waals surface area contributed by atoms with Crippen molar-refractivity contribution in [2.45, 2.75) is 27.2 Å². The molecule has 0 amide bonds. The summed E-state index contributed by atoms with van der Waals surface area (Å²) in [6.07, 6.45) is 1.95. The predicted molar refractivity (Wildman–Crippen MR) is 83.5 cm³/mol. The van der Waals surface area contributed by atoms with Gasteiger partial charge in [0.15, 0.2) is 5.78 Å². The first-order valence-corrected chi connectivity index (χ1v) is 6.80. The molecule has 4 nitrogen and oxygen atoms in total. The minimum atomic E-state index is -0.598. The van der Waals surface area contributed by atoms with Crippen LogP contribution in [0.15, 0.2) is 33.9 Å².